The first kappa shape index (κ1) is 76.4. The molecule has 0 radical (unpaired) electrons. The first-order valence-electron chi connectivity index (χ1n) is 34.5. The molecule has 34 heteroatoms. The van der Waals surface area contributed by atoms with Crippen LogP contribution in [0.3, 0.4) is 0 Å². The van der Waals surface area contributed by atoms with Gasteiger partial charge < -0.3 is 39.4 Å². The monoisotopic (exact) mass is 1580 g/mol. The Hall–Kier alpha value is -9.75. The van der Waals surface area contributed by atoms with Gasteiger partial charge in [0.25, 0.3) is 43.7 Å². The van der Waals surface area contributed by atoms with Gasteiger partial charge in [0, 0.05) is 51.4 Å². The van der Waals surface area contributed by atoms with E-state index in [1.807, 2.05) is 72.8 Å². The number of anilines is 2. The number of nitrogens with zero attached hydrogens (tertiary/aromatic N) is 12. The maximum Gasteiger partial charge on any atom is 0.408 e. The number of sulfonamides is 2. The Morgan fingerprint density at radius 1 is 0.620 bits per heavy atom. The van der Waals surface area contributed by atoms with Gasteiger partial charge in [0.1, 0.15) is 40.7 Å². The average Bonchev–Trinajstić information content (AvgIpc) is 1.49. The Morgan fingerprint density at radius 2 is 1.05 bits per heavy atom. The zero-order valence-corrected chi connectivity index (χ0v) is 65.0. The second-order valence-electron chi connectivity index (χ2n) is 28.5. The maximum atomic E-state index is 14.7. The molecule has 10 aliphatic heterocycles. The number of hydrogen-bond acceptors (Lipinski definition) is 21. The number of rotatable bonds is 19. The van der Waals surface area contributed by atoms with E-state index >= 15 is 0 Å². The second kappa shape index (κ2) is 29.7. The number of amides is 6. The summed E-state index contributed by atoms with van der Waals surface area (Å²) < 4.78 is 84.9. The molecule has 4 bridgehead atoms. The SMILES string of the molecule is C#CCNC(=O)OC(C)(C)C.CN1C(=O)[C@@]23C[C@]4(c5ccc(OCCCN=[N+]=[N-])cc5)c5ccccc5N(S(=O)(=O)c5ccccc5)[C@@H]4N2C(=O)[C@@H]1SS3.CN1C(=O)[C@@]23C[C@]4(c5ccc(OCCCn6cc(CNC(=O)OC(C)(C)C)nn6)cc5)c5ccccc5N(S(=O)(=O)c5ccccc5)[C@@H]4N2C(=O)[C@@H]1SS3. The molecule has 11 heterocycles. The summed E-state index contributed by atoms with van der Waals surface area (Å²) in [6.07, 6.45) is 5.22. The first-order chi connectivity index (χ1) is 51.5. The molecule has 6 amide bonds. The number of carbonyl (C=O) groups is 6. The van der Waals surface area contributed by atoms with E-state index in [0.29, 0.717) is 67.7 Å². The molecule has 28 nitrogen and oxygen atoms in total. The molecule has 0 unspecified atom stereocenters. The van der Waals surface area contributed by atoms with Crippen LogP contribution in [0.2, 0.25) is 0 Å². The minimum Gasteiger partial charge on any atom is -0.494 e. The Kier molecular flexibility index (Phi) is 21.0. The van der Waals surface area contributed by atoms with Gasteiger partial charge >= 0.3 is 12.2 Å². The van der Waals surface area contributed by atoms with Gasteiger partial charge in [-0.1, -0.05) is 156 Å². The third-order valence-corrected chi connectivity index (χ3v) is 29.4. The number of benzene rings is 6. The number of piperazine rings is 2. The van der Waals surface area contributed by atoms with Crippen molar-refractivity contribution in [2.45, 2.75) is 145 Å². The number of ether oxygens (including phenoxy) is 4. The van der Waals surface area contributed by atoms with Crippen LogP contribution in [0, 0.1) is 12.3 Å². The highest BCUT2D eigenvalue weighted by atomic mass is 33.1. The average molecular weight is 1580 g/mol. The van der Waals surface area contributed by atoms with Crippen LogP contribution in [0.15, 0.2) is 179 Å². The number of aryl methyl sites for hydroxylation is 1. The van der Waals surface area contributed by atoms with Crippen LogP contribution in [0.5, 0.6) is 11.5 Å². The molecule has 1 aromatic heterocycles. The van der Waals surface area contributed by atoms with Crippen LogP contribution >= 0.6 is 43.2 Å². The Balaban J connectivity index is 0.000000170. The third-order valence-electron chi connectivity index (χ3n) is 19.3. The molecule has 0 saturated carbocycles. The molecule has 2 N–H and O–H groups in total. The molecule has 8 atom stereocenters. The van der Waals surface area contributed by atoms with Crippen LogP contribution in [0.1, 0.15) is 95.2 Å². The fourth-order valence-electron chi connectivity index (χ4n) is 15.0. The van der Waals surface area contributed by atoms with E-state index in [2.05, 4.69) is 36.9 Å². The number of hydrogen-bond donors (Lipinski definition) is 2. The van der Waals surface area contributed by atoms with Crippen molar-refractivity contribution in [2.24, 2.45) is 5.11 Å². The number of aromatic nitrogens is 3. The molecule has 0 aliphatic carbocycles. The maximum absolute atomic E-state index is 14.7. The molecule has 108 heavy (non-hydrogen) atoms. The van der Waals surface area contributed by atoms with Gasteiger partial charge in [0.05, 0.1) is 64.5 Å². The number of likely N-dealkylation sites (N-methyl/N-ethyl adjacent to an activating group) is 2. The number of azide groups is 1. The van der Waals surface area contributed by atoms with E-state index in [4.69, 9.17) is 30.9 Å². The van der Waals surface area contributed by atoms with Gasteiger partial charge in [-0.15, -0.1) is 11.5 Å². The van der Waals surface area contributed by atoms with Crippen LogP contribution in [0.4, 0.5) is 21.0 Å². The van der Waals surface area contributed by atoms with E-state index in [-0.39, 0.29) is 59.4 Å². The van der Waals surface area contributed by atoms with E-state index in [1.165, 1.54) is 61.6 Å². The molecule has 10 aliphatic rings. The van der Waals surface area contributed by atoms with Gasteiger partial charge in [-0.25, -0.2) is 35.0 Å². The molecule has 8 saturated heterocycles. The number of carbonyl (C=O) groups excluding carboxylic acids is 6. The highest BCUT2D eigenvalue weighted by molar-refractivity contribution is 8.78. The van der Waals surface area contributed by atoms with Crippen molar-refractivity contribution in [1.29, 1.82) is 0 Å². The molecule has 7 aromatic rings. The summed E-state index contributed by atoms with van der Waals surface area (Å²) in [4.78, 5) is 85.9. The molecule has 8 fully saturated rings. The minimum atomic E-state index is -4.20. The molecule has 564 valence electrons. The van der Waals surface area contributed by atoms with Crippen molar-refractivity contribution in [1.82, 2.24) is 45.2 Å². The quantitative estimate of drug-likeness (QED) is 0.0190. The van der Waals surface area contributed by atoms with Gasteiger partial charge in [-0.3, -0.25) is 33.7 Å². The summed E-state index contributed by atoms with van der Waals surface area (Å²) in [6.45, 7) is 12.8. The summed E-state index contributed by atoms with van der Waals surface area (Å²) in [5, 5.41) is 15.3. The van der Waals surface area contributed by atoms with Crippen LogP contribution < -0.4 is 28.7 Å². The standard InChI is InChI=1S/C37H39N7O7S3.C29H26N6O5S3.C8H13NO2/c1-35(2,3)51-34(47)38-21-25-22-42(40-39-25)19-10-20-50-26-17-15-24(16-18-26)36-23-37-33(46)41(4)31(52-53-37)30(45)43(37)32(36)44(29-14-9-8-13-28(29)36)54(48,49)27-11-6-5-7-12-27;1-33-25-24(36)34-26-28(18-29(34,27(33)37)42-41-25,19-12-14-20(15-13-19)40-17-7-16-31-32-30)22-10-5-6-11-23(22)35(26)43(38,39)21-8-3-2-4-9-21;1-5-6-9-7(10)11-8(2,3)4/h5-9,11-18,22,31-32H,10,19-21,23H2,1-4H3,(H,38,47);2-6,8-15,25-26H,7,16-18H2,1H3;1H,6H2,2-4H3,(H,9,10)/t31-,32-,36-,37-;25-,26-,28-,29-;/m00./s1. The van der Waals surface area contributed by atoms with Crippen molar-refractivity contribution in [2.75, 3.05) is 49.0 Å². The van der Waals surface area contributed by atoms with E-state index in [0.717, 1.165) is 22.3 Å². The predicted octanol–water partition coefficient (Wildman–Crippen LogP) is 10.6. The van der Waals surface area contributed by atoms with E-state index < -0.39 is 87.1 Å². The Morgan fingerprint density at radius 3 is 1.48 bits per heavy atom. The van der Waals surface area contributed by atoms with Gasteiger partial charge in [0.15, 0.2) is 20.5 Å². The van der Waals surface area contributed by atoms with Crippen molar-refractivity contribution >= 4 is 110 Å². The Labute approximate surface area is 641 Å². The molecular weight excluding hydrogens is 1500 g/mol. The summed E-state index contributed by atoms with van der Waals surface area (Å²) in [5.41, 5.74) is 9.90. The summed E-state index contributed by atoms with van der Waals surface area (Å²) in [7, 11) is 0.312. The fraction of sp³-hybridized carbons (Fsp3) is 0.378. The number of para-hydroxylation sites is 2. The van der Waals surface area contributed by atoms with E-state index in [1.54, 1.807) is 161 Å². The number of terminal acetylenes is 1. The van der Waals surface area contributed by atoms with Gasteiger partial charge in [0.2, 0.25) is 0 Å². The lowest BCUT2D eigenvalue weighted by atomic mass is 9.72. The largest absolute Gasteiger partial charge is 0.494 e. The minimum absolute atomic E-state index is 0.0972. The fourth-order valence-corrected chi connectivity index (χ4v) is 25.3. The van der Waals surface area contributed by atoms with Crippen LogP contribution in [-0.4, -0.2) is 172 Å². The number of fused-ring (bicyclic) bond motifs is 10. The smallest absolute Gasteiger partial charge is 0.408 e. The normalized spacial score (nSPS) is 24.0. The van der Waals surface area contributed by atoms with Crippen LogP contribution in [-0.2, 0) is 72.6 Å². The van der Waals surface area contributed by atoms with Gasteiger partial charge in [-0.2, -0.15) is 0 Å². The van der Waals surface area contributed by atoms with E-state index in [9.17, 15) is 45.6 Å². The highest BCUT2D eigenvalue weighted by Gasteiger charge is 2.79. The Bertz CT molecular complexity index is 4990. The van der Waals surface area contributed by atoms with Crippen LogP contribution in [0.25, 0.3) is 10.4 Å². The summed E-state index contributed by atoms with van der Waals surface area (Å²) >= 11 is 0. The second-order valence-corrected chi connectivity index (χ2v) is 37.2. The molecule has 2 spiro atoms. The lowest BCUT2D eigenvalue weighted by Crippen LogP contribution is -2.72. The zero-order valence-electron chi connectivity index (χ0n) is 60.1. The molecular formula is C74H78N14O14S6. The van der Waals surface area contributed by atoms with Gasteiger partial charge in [-0.05, 0) is 136 Å². The van der Waals surface area contributed by atoms with Crippen molar-refractivity contribution in [3.8, 4) is 23.8 Å². The molecule has 6 aromatic carbocycles. The van der Waals surface area contributed by atoms with Crippen molar-refractivity contribution in [3.63, 3.8) is 0 Å². The molecule has 17 rings (SSSR count). The number of alkyl carbamates (subject to hydrolysis) is 2. The lowest BCUT2D eigenvalue weighted by molar-refractivity contribution is -0.158. The number of nitrogens with one attached hydrogen (secondary N) is 2. The lowest BCUT2D eigenvalue weighted by Gasteiger charge is -2.53. The summed E-state index contributed by atoms with van der Waals surface area (Å²) in [5.74, 6) is 2.51. The first-order valence-corrected chi connectivity index (χ1v) is 41.8. The summed E-state index contributed by atoms with van der Waals surface area (Å²) in [6, 6.07) is 46.0. The predicted molar refractivity (Wildman–Crippen MR) is 409 cm³/mol. The topological polar surface area (TPSA) is 331 Å². The third kappa shape index (κ3) is 13.5. The zero-order chi connectivity index (χ0) is 76.9. The van der Waals surface area contributed by atoms with Crippen molar-refractivity contribution < 1.29 is 64.6 Å². The van der Waals surface area contributed by atoms with Crippen molar-refractivity contribution in [3.05, 3.63) is 202 Å². The highest BCUT2D eigenvalue weighted by Crippen LogP contribution is 2.71.